The van der Waals surface area contributed by atoms with Crippen molar-refractivity contribution in [1.82, 2.24) is 0 Å². The Morgan fingerprint density at radius 1 is 1.17 bits per heavy atom. The van der Waals surface area contributed by atoms with Crippen LogP contribution in [-0.4, -0.2) is 18.9 Å². The third kappa shape index (κ3) is 3.95. The lowest BCUT2D eigenvalue weighted by Gasteiger charge is -2.11. The molecule has 1 fully saturated rings. The second kappa shape index (κ2) is 4.12. The van der Waals surface area contributed by atoms with Gasteiger partial charge in [-0.15, -0.1) is 0 Å². The number of rotatable bonds is 3. The van der Waals surface area contributed by atoms with E-state index in [1.807, 2.05) is 0 Å². The van der Waals surface area contributed by atoms with E-state index in [4.69, 9.17) is 4.74 Å². The van der Waals surface area contributed by atoms with Gasteiger partial charge in [0.2, 0.25) is 0 Å². The van der Waals surface area contributed by atoms with E-state index < -0.39 is 12.6 Å². The molecular weight excluding hydrogens is 169 g/mol. The van der Waals surface area contributed by atoms with Gasteiger partial charge in [-0.25, -0.2) is 0 Å². The highest BCUT2D eigenvalue weighted by atomic mass is 19.4. The molecule has 0 aromatic rings. The zero-order valence-electron chi connectivity index (χ0n) is 6.86. The molecule has 1 saturated carbocycles. The molecule has 12 heavy (non-hydrogen) atoms. The average Bonchev–Trinajstić information content (AvgIpc) is 2.36. The lowest BCUT2D eigenvalue weighted by Crippen LogP contribution is -2.15. The van der Waals surface area contributed by atoms with Gasteiger partial charge in [-0.3, -0.25) is 0 Å². The number of hydrogen-bond donors (Lipinski definition) is 0. The van der Waals surface area contributed by atoms with Crippen LogP contribution in [0.5, 0.6) is 0 Å². The largest absolute Gasteiger partial charge is 0.391 e. The molecule has 0 aromatic carbocycles. The van der Waals surface area contributed by atoms with E-state index in [-0.39, 0.29) is 12.7 Å². The van der Waals surface area contributed by atoms with E-state index in [0.717, 1.165) is 25.7 Å². The fourth-order valence-corrected chi connectivity index (χ4v) is 1.40. The second-order valence-corrected chi connectivity index (χ2v) is 3.14. The molecule has 72 valence electrons. The molecular formula is C8H13F3O. The smallest absolute Gasteiger partial charge is 0.378 e. The van der Waals surface area contributed by atoms with Crippen molar-refractivity contribution in [3.63, 3.8) is 0 Å². The Morgan fingerprint density at radius 2 is 1.75 bits per heavy atom. The standard InChI is InChI=1S/C8H13F3O/c9-8(10,11)5-6-12-7-3-1-2-4-7/h7H,1-6H2. The van der Waals surface area contributed by atoms with Gasteiger partial charge < -0.3 is 4.74 Å². The summed E-state index contributed by atoms with van der Waals surface area (Å²) in [4.78, 5) is 0. The van der Waals surface area contributed by atoms with Gasteiger partial charge in [0.15, 0.2) is 0 Å². The minimum Gasteiger partial charge on any atom is -0.378 e. The van der Waals surface area contributed by atoms with Crippen LogP contribution >= 0.6 is 0 Å². The molecule has 0 atom stereocenters. The fourth-order valence-electron chi connectivity index (χ4n) is 1.40. The van der Waals surface area contributed by atoms with Gasteiger partial charge in [0.05, 0.1) is 19.1 Å². The highest BCUT2D eigenvalue weighted by Gasteiger charge is 2.27. The number of ether oxygens (including phenoxy) is 1. The molecule has 0 saturated heterocycles. The molecule has 0 spiro atoms. The minimum absolute atomic E-state index is 0.0901. The maximum Gasteiger partial charge on any atom is 0.391 e. The summed E-state index contributed by atoms with van der Waals surface area (Å²) in [7, 11) is 0. The minimum atomic E-state index is -4.07. The highest BCUT2D eigenvalue weighted by Crippen LogP contribution is 2.23. The SMILES string of the molecule is FC(F)(F)CCOC1CCCC1. The molecule has 1 aliphatic rings. The van der Waals surface area contributed by atoms with Crippen molar-refractivity contribution in [2.75, 3.05) is 6.61 Å². The third-order valence-electron chi connectivity index (χ3n) is 2.04. The maximum absolute atomic E-state index is 11.6. The van der Waals surface area contributed by atoms with Crippen molar-refractivity contribution in [2.45, 2.75) is 44.4 Å². The second-order valence-electron chi connectivity index (χ2n) is 3.14. The highest BCUT2D eigenvalue weighted by molar-refractivity contribution is 4.66. The molecule has 1 rings (SSSR count). The summed E-state index contributed by atoms with van der Waals surface area (Å²) in [6, 6.07) is 0. The van der Waals surface area contributed by atoms with Crippen molar-refractivity contribution >= 4 is 0 Å². The van der Waals surface area contributed by atoms with E-state index >= 15 is 0 Å². The van der Waals surface area contributed by atoms with Gasteiger partial charge in [-0.2, -0.15) is 13.2 Å². The predicted octanol–water partition coefficient (Wildman–Crippen LogP) is 2.90. The summed E-state index contributed by atoms with van der Waals surface area (Å²) in [5, 5.41) is 0. The van der Waals surface area contributed by atoms with E-state index in [0.29, 0.717) is 0 Å². The third-order valence-corrected chi connectivity index (χ3v) is 2.04. The van der Waals surface area contributed by atoms with Gasteiger partial charge in [0.25, 0.3) is 0 Å². The number of hydrogen-bond acceptors (Lipinski definition) is 1. The van der Waals surface area contributed by atoms with Crippen LogP contribution in [0.1, 0.15) is 32.1 Å². The van der Waals surface area contributed by atoms with Crippen LogP contribution in [0.4, 0.5) is 13.2 Å². The lowest BCUT2D eigenvalue weighted by molar-refractivity contribution is -0.148. The van der Waals surface area contributed by atoms with Crippen molar-refractivity contribution in [3.8, 4) is 0 Å². The molecule has 0 N–H and O–H groups in total. The molecule has 0 amide bonds. The Morgan fingerprint density at radius 3 is 2.25 bits per heavy atom. The molecule has 0 unspecified atom stereocenters. The Labute approximate surface area is 69.9 Å². The lowest BCUT2D eigenvalue weighted by atomic mass is 10.3. The molecule has 0 radical (unpaired) electrons. The van der Waals surface area contributed by atoms with E-state index in [1.54, 1.807) is 0 Å². The number of halogens is 3. The van der Waals surface area contributed by atoms with Crippen molar-refractivity contribution in [1.29, 1.82) is 0 Å². The van der Waals surface area contributed by atoms with Crippen molar-refractivity contribution in [3.05, 3.63) is 0 Å². The van der Waals surface area contributed by atoms with E-state index in [9.17, 15) is 13.2 Å². The van der Waals surface area contributed by atoms with Crippen LogP contribution in [0.15, 0.2) is 0 Å². The van der Waals surface area contributed by atoms with Gasteiger partial charge >= 0.3 is 6.18 Å². The predicted molar refractivity (Wildman–Crippen MR) is 38.9 cm³/mol. The normalized spacial score (nSPS) is 20.2. The van der Waals surface area contributed by atoms with E-state index in [1.165, 1.54) is 0 Å². The van der Waals surface area contributed by atoms with Crippen LogP contribution in [-0.2, 0) is 4.74 Å². The summed E-state index contributed by atoms with van der Waals surface area (Å²) in [5.41, 5.74) is 0. The van der Waals surface area contributed by atoms with Gasteiger partial charge in [-0.05, 0) is 12.8 Å². The Bertz CT molecular complexity index is 127. The van der Waals surface area contributed by atoms with Gasteiger partial charge in [-0.1, -0.05) is 12.8 Å². The Balaban J connectivity index is 2.02. The van der Waals surface area contributed by atoms with Crippen LogP contribution in [0, 0.1) is 0 Å². The van der Waals surface area contributed by atoms with Crippen LogP contribution in [0.2, 0.25) is 0 Å². The van der Waals surface area contributed by atoms with E-state index in [2.05, 4.69) is 0 Å². The van der Waals surface area contributed by atoms with Crippen molar-refractivity contribution in [2.24, 2.45) is 0 Å². The number of alkyl halides is 3. The molecule has 0 aromatic heterocycles. The first kappa shape index (κ1) is 9.84. The average molecular weight is 182 g/mol. The van der Waals surface area contributed by atoms with Gasteiger partial charge in [0.1, 0.15) is 0 Å². The first-order chi connectivity index (χ1) is 5.58. The first-order valence-electron chi connectivity index (χ1n) is 4.26. The van der Waals surface area contributed by atoms with Crippen LogP contribution in [0.3, 0.4) is 0 Å². The summed E-state index contributed by atoms with van der Waals surface area (Å²) in [6.45, 7) is -0.172. The Kier molecular flexibility index (Phi) is 3.38. The Hall–Kier alpha value is -0.250. The quantitative estimate of drug-likeness (QED) is 0.652. The summed E-state index contributed by atoms with van der Waals surface area (Å²) in [6.07, 6.45) is -0.752. The fraction of sp³-hybridized carbons (Fsp3) is 1.00. The monoisotopic (exact) mass is 182 g/mol. The zero-order chi connectivity index (χ0) is 9.03. The first-order valence-corrected chi connectivity index (χ1v) is 4.26. The van der Waals surface area contributed by atoms with Crippen LogP contribution in [0.25, 0.3) is 0 Å². The zero-order valence-corrected chi connectivity index (χ0v) is 6.86. The molecule has 0 heterocycles. The van der Waals surface area contributed by atoms with Crippen LogP contribution < -0.4 is 0 Å². The molecule has 4 heteroatoms. The summed E-state index contributed by atoms with van der Waals surface area (Å²) < 4.78 is 40.0. The summed E-state index contributed by atoms with van der Waals surface area (Å²) in [5.74, 6) is 0. The molecule has 1 nitrogen and oxygen atoms in total. The topological polar surface area (TPSA) is 9.23 Å². The maximum atomic E-state index is 11.6. The molecule has 0 bridgehead atoms. The summed E-state index contributed by atoms with van der Waals surface area (Å²) >= 11 is 0. The van der Waals surface area contributed by atoms with Crippen molar-refractivity contribution < 1.29 is 17.9 Å². The molecule has 1 aliphatic carbocycles. The molecule has 0 aliphatic heterocycles. The van der Waals surface area contributed by atoms with Gasteiger partial charge in [0, 0.05) is 0 Å².